The van der Waals surface area contributed by atoms with Gasteiger partial charge in [0.25, 0.3) is 5.91 Å². The number of carboxylic acid groups (broad SMARTS) is 1. The van der Waals surface area contributed by atoms with Crippen LogP contribution in [0.3, 0.4) is 0 Å². The number of carboxylic acids is 1. The fraction of sp³-hybridized carbons (Fsp3) is 0.429. The van der Waals surface area contributed by atoms with E-state index < -0.39 is 27.9 Å². The summed E-state index contributed by atoms with van der Waals surface area (Å²) in [5.74, 6) is -1.94. The summed E-state index contributed by atoms with van der Waals surface area (Å²) in [5.41, 5.74) is 0.199. The van der Waals surface area contributed by atoms with Crippen molar-refractivity contribution in [3.8, 4) is 0 Å². The van der Waals surface area contributed by atoms with E-state index in [-0.39, 0.29) is 16.4 Å². The molecule has 0 bridgehead atoms. The molecule has 22 heavy (non-hydrogen) atoms. The molecular formula is C14H20N2O5S. The zero-order valence-corrected chi connectivity index (χ0v) is 13.7. The van der Waals surface area contributed by atoms with Gasteiger partial charge in [-0.15, -0.1) is 0 Å². The van der Waals surface area contributed by atoms with E-state index in [1.807, 2.05) is 0 Å². The summed E-state index contributed by atoms with van der Waals surface area (Å²) in [5, 5.41) is 11.5. The predicted octanol–water partition coefficient (Wildman–Crippen LogP) is 0.776. The van der Waals surface area contributed by atoms with Crippen LogP contribution in [0.1, 0.15) is 24.2 Å². The van der Waals surface area contributed by atoms with Crippen molar-refractivity contribution in [2.75, 3.05) is 14.1 Å². The first-order chi connectivity index (χ1) is 10.1. The highest BCUT2D eigenvalue weighted by Gasteiger charge is 2.24. The number of hydrogen-bond donors (Lipinski definition) is 2. The number of hydrogen-bond acceptors (Lipinski definition) is 4. The lowest BCUT2D eigenvalue weighted by molar-refractivity contribution is -0.140. The molecule has 8 heteroatoms. The minimum atomic E-state index is -3.56. The van der Waals surface area contributed by atoms with Gasteiger partial charge in [0.2, 0.25) is 10.0 Å². The Balaban J connectivity index is 2.96. The summed E-state index contributed by atoms with van der Waals surface area (Å²) in [7, 11) is -0.736. The summed E-state index contributed by atoms with van der Waals surface area (Å²) < 4.78 is 24.9. The molecule has 7 nitrogen and oxygen atoms in total. The van der Waals surface area contributed by atoms with Crippen LogP contribution in [-0.2, 0) is 14.8 Å². The van der Waals surface area contributed by atoms with E-state index in [4.69, 9.17) is 5.11 Å². The van der Waals surface area contributed by atoms with Crippen LogP contribution in [0.25, 0.3) is 0 Å². The van der Waals surface area contributed by atoms with Gasteiger partial charge in [-0.25, -0.2) is 17.5 Å². The van der Waals surface area contributed by atoms with Crippen molar-refractivity contribution < 1.29 is 23.1 Å². The number of rotatable bonds is 6. The smallest absolute Gasteiger partial charge is 0.326 e. The van der Waals surface area contributed by atoms with E-state index in [1.54, 1.807) is 13.8 Å². The molecule has 1 atom stereocenters. The third-order valence-corrected chi connectivity index (χ3v) is 4.94. The van der Waals surface area contributed by atoms with Gasteiger partial charge in [-0.05, 0) is 30.2 Å². The second-order valence-corrected chi connectivity index (χ2v) is 7.50. The lowest BCUT2D eigenvalue weighted by Gasteiger charge is -2.18. The molecule has 1 amide bonds. The first kappa shape index (κ1) is 18.1. The Bertz CT molecular complexity index is 650. The average molecular weight is 328 g/mol. The molecule has 0 aliphatic heterocycles. The summed E-state index contributed by atoms with van der Waals surface area (Å²) in [4.78, 5) is 23.2. The maximum atomic E-state index is 12.0. The predicted molar refractivity (Wildman–Crippen MR) is 81.0 cm³/mol. The number of carbonyl (C=O) groups excluding carboxylic acids is 1. The normalized spacial score (nSPS) is 13.2. The second kappa shape index (κ2) is 6.89. The zero-order valence-electron chi connectivity index (χ0n) is 12.9. The second-order valence-electron chi connectivity index (χ2n) is 5.35. The molecule has 0 aliphatic carbocycles. The highest BCUT2D eigenvalue weighted by Crippen LogP contribution is 2.14. The van der Waals surface area contributed by atoms with Gasteiger partial charge in [0.05, 0.1) is 4.90 Å². The Morgan fingerprint density at radius 1 is 1.14 bits per heavy atom. The highest BCUT2D eigenvalue weighted by atomic mass is 32.2. The van der Waals surface area contributed by atoms with Crippen molar-refractivity contribution in [2.24, 2.45) is 5.92 Å². The molecule has 1 aromatic rings. The van der Waals surface area contributed by atoms with Crippen molar-refractivity contribution in [3.63, 3.8) is 0 Å². The molecule has 0 aliphatic rings. The Labute approximate surface area is 130 Å². The minimum absolute atomic E-state index is 0.0627. The van der Waals surface area contributed by atoms with Crippen molar-refractivity contribution in [3.05, 3.63) is 29.8 Å². The van der Waals surface area contributed by atoms with Crippen LogP contribution in [0.4, 0.5) is 0 Å². The van der Waals surface area contributed by atoms with Crippen LogP contribution in [0.15, 0.2) is 29.2 Å². The highest BCUT2D eigenvalue weighted by molar-refractivity contribution is 7.89. The van der Waals surface area contributed by atoms with Gasteiger partial charge in [-0.1, -0.05) is 13.8 Å². The molecule has 0 aromatic heterocycles. The molecule has 1 rings (SSSR count). The molecule has 0 fully saturated rings. The molecule has 0 saturated heterocycles. The molecule has 122 valence electrons. The van der Waals surface area contributed by atoms with Gasteiger partial charge in [0, 0.05) is 19.7 Å². The standard InChI is InChI=1S/C14H20N2O5S/c1-9(2)12(14(18)19)15-13(17)10-5-7-11(8-6-10)22(20,21)16(3)4/h5-9,12H,1-4H3,(H,15,17)(H,18,19)/t12-/m0/s1. The third-order valence-electron chi connectivity index (χ3n) is 3.11. The summed E-state index contributed by atoms with van der Waals surface area (Å²) in [6.45, 7) is 3.37. The molecule has 0 heterocycles. The Morgan fingerprint density at radius 2 is 1.64 bits per heavy atom. The van der Waals surface area contributed by atoms with Crippen LogP contribution >= 0.6 is 0 Å². The number of sulfonamides is 1. The van der Waals surface area contributed by atoms with E-state index in [0.717, 1.165) is 4.31 Å². The quantitative estimate of drug-likeness (QED) is 0.803. The van der Waals surface area contributed by atoms with E-state index in [9.17, 15) is 18.0 Å². The number of nitrogens with zero attached hydrogens (tertiary/aromatic N) is 1. The van der Waals surface area contributed by atoms with Gasteiger partial charge < -0.3 is 10.4 Å². The average Bonchev–Trinajstić information content (AvgIpc) is 2.43. The lowest BCUT2D eigenvalue weighted by Crippen LogP contribution is -2.44. The van der Waals surface area contributed by atoms with E-state index in [1.165, 1.54) is 38.4 Å². The molecule has 2 N–H and O–H groups in total. The number of nitrogens with one attached hydrogen (secondary N) is 1. The van der Waals surface area contributed by atoms with Crippen LogP contribution < -0.4 is 5.32 Å². The third kappa shape index (κ3) is 4.05. The first-order valence-electron chi connectivity index (χ1n) is 6.63. The van der Waals surface area contributed by atoms with Crippen molar-refractivity contribution in [1.29, 1.82) is 0 Å². The van der Waals surface area contributed by atoms with Gasteiger partial charge in [-0.2, -0.15) is 0 Å². The van der Waals surface area contributed by atoms with Crippen LogP contribution in [-0.4, -0.2) is 49.8 Å². The number of amides is 1. The minimum Gasteiger partial charge on any atom is -0.480 e. The maximum Gasteiger partial charge on any atom is 0.326 e. The van der Waals surface area contributed by atoms with E-state index in [2.05, 4.69) is 5.32 Å². The number of carbonyl (C=O) groups is 2. The summed E-state index contributed by atoms with van der Waals surface area (Å²) in [6, 6.07) is 4.33. The fourth-order valence-corrected chi connectivity index (χ4v) is 2.63. The van der Waals surface area contributed by atoms with E-state index >= 15 is 0 Å². The van der Waals surface area contributed by atoms with Gasteiger partial charge in [0.1, 0.15) is 6.04 Å². The van der Waals surface area contributed by atoms with Gasteiger partial charge in [0.15, 0.2) is 0 Å². The number of benzene rings is 1. The molecular weight excluding hydrogens is 308 g/mol. The van der Waals surface area contributed by atoms with Crippen LogP contribution in [0.5, 0.6) is 0 Å². The SMILES string of the molecule is CC(C)[C@H](NC(=O)c1ccc(S(=O)(=O)N(C)C)cc1)C(=O)O. The van der Waals surface area contributed by atoms with Crippen molar-refractivity contribution in [1.82, 2.24) is 9.62 Å². The molecule has 0 radical (unpaired) electrons. The topological polar surface area (TPSA) is 104 Å². The van der Waals surface area contributed by atoms with E-state index in [0.29, 0.717) is 0 Å². The first-order valence-corrected chi connectivity index (χ1v) is 8.07. The zero-order chi connectivity index (χ0) is 17.1. The monoisotopic (exact) mass is 328 g/mol. The summed E-state index contributed by atoms with van der Waals surface area (Å²) in [6.07, 6.45) is 0. The Morgan fingerprint density at radius 3 is 2.00 bits per heavy atom. The Kier molecular flexibility index (Phi) is 5.67. The largest absolute Gasteiger partial charge is 0.480 e. The van der Waals surface area contributed by atoms with Crippen LogP contribution in [0, 0.1) is 5.92 Å². The fourth-order valence-electron chi connectivity index (χ4n) is 1.73. The van der Waals surface area contributed by atoms with Gasteiger partial charge >= 0.3 is 5.97 Å². The van der Waals surface area contributed by atoms with Gasteiger partial charge in [-0.3, -0.25) is 4.79 Å². The number of aliphatic carboxylic acids is 1. The Hall–Kier alpha value is -1.93. The van der Waals surface area contributed by atoms with Crippen LogP contribution in [0.2, 0.25) is 0 Å². The van der Waals surface area contributed by atoms with Crippen molar-refractivity contribution >= 4 is 21.9 Å². The molecule has 0 unspecified atom stereocenters. The molecule has 1 aromatic carbocycles. The summed E-state index contributed by atoms with van der Waals surface area (Å²) >= 11 is 0. The molecule has 0 spiro atoms. The van der Waals surface area contributed by atoms with Crippen molar-refractivity contribution in [2.45, 2.75) is 24.8 Å². The molecule has 0 saturated carbocycles. The lowest BCUT2D eigenvalue weighted by atomic mass is 10.0. The maximum absolute atomic E-state index is 12.0.